The van der Waals surface area contributed by atoms with Crippen molar-refractivity contribution in [1.29, 1.82) is 0 Å². The van der Waals surface area contributed by atoms with Crippen LogP contribution in [0, 0.1) is 20.8 Å². The fourth-order valence-electron chi connectivity index (χ4n) is 3.39. The molecule has 152 valence electrons. The van der Waals surface area contributed by atoms with E-state index in [1.54, 1.807) is 31.2 Å². The molecule has 1 atom stereocenters. The van der Waals surface area contributed by atoms with Crippen molar-refractivity contribution in [3.05, 3.63) is 53.1 Å². The Balaban J connectivity index is 2.45. The van der Waals surface area contributed by atoms with Gasteiger partial charge >= 0.3 is 0 Å². The van der Waals surface area contributed by atoms with E-state index in [4.69, 9.17) is 4.74 Å². The maximum atomic E-state index is 13.1. The van der Waals surface area contributed by atoms with Crippen LogP contribution < -0.4 is 14.4 Å². The van der Waals surface area contributed by atoms with Gasteiger partial charge in [-0.1, -0.05) is 30.7 Å². The van der Waals surface area contributed by atoms with Crippen molar-refractivity contribution in [3.8, 4) is 5.75 Å². The minimum Gasteiger partial charge on any atom is -0.497 e. The van der Waals surface area contributed by atoms with Gasteiger partial charge in [-0.05, 0) is 50.5 Å². The van der Waals surface area contributed by atoms with Gasteiger partial charge in [0, 0.05) is 11.8 Å². The van der Waals surface area contributed by atoms with Gasteiger partial charge < -0.3 is 10.1 Å². The molecule has 1 N–H and O–H groups in total. The van der Waals surface area contributed by atoms with Gasteiger partial charge in [-0.2, -0.15) is 0 Å². The second kappa shape index (κ2) is 8.65. The summed E-state index contributed by atoms with van der Waals surface area (Å²) in [4.78, 5) is 13.1. The molecule has 0 radical (unpaired) electrons. The fourth-order valence-corrected chi connectivity index (χ4v) is 4.60. The summed E-state index contributed by atoms with van der Waals surface area (Å²) in [6.45, 7) is 7.63. The van der Waals surface area contributed by atoms with Gasteiger partial charge in [-0.25, -0.2) is 8.42 Å². The van der Waals surface area contributed by atoms with Gasteiger partial charge in [0.2, 0.25) is 15.9 Å². The van der Waals surface area contributed by atoms with E-state index in [2.05, 4.69) is 5.32 Å². The molecule has 28 heavy (non-hydrogen) atoms. The predicted molar refractivity (Wildman–Crippen MR) is 114 cm³/mol. The van der Waals surface area contributed by atoms with E-state index in [1.165, 1.54) is 7.11 Å². The summed E-state index contributed by atoms with van der Waals surface area (Å²) < 4.78 is 31.5. The maximum absolute atomic E-state index is 13.1. The molecule has 2 aromatic carbocycles. The quantitative estimate of drug-likeness (QED) is 0.761. The molecule has 0 fully saturated rings. The van der Waals surface area contributed by atoms with Crippen molar-refractivity contribution in [1.82, 2.24) is 0 Å². The molecule has 0 unspecified atom stereocenters. The number of carbonyl (C=O) groups is 1. The molecule has 1 amide bonds. The largest absolute Gasteiger partial charge is 0.497 e. The third kappa shape index (κ3) is 4.84. The SMILES string of the molecule is CC[C@@H](C(=O)Nc1c(C)cc(C)cc1C)N(c1cccc(OC)c1)S(C)(=O)=O. The minimum atomic E-state index is -3.70. The molecule has 0 saturated heterocycles. The Kier molecular flexibility index (Phi) is 6.72. The Bertz CT molecular complexity index is 947. The van der Waals surface area contributed by atoms with Crippen LogP contribution in [0.3, 0.4) is 0 Å². The number of hydrogen-bond donors (Lipinski definition) is 1. The summed E-state index contributed by atoms with van der Waals surface area (Å²) in [6, 6.07) is 9.78. The fraction of sp³-hybridized carbons (Fsp3) is 0.381. The number of hydrogen-bond acceptors (Lipinski definition) is 4. The number of anilines is 2. The summed E-state index contributed by atoms with van der Waals surface area (Å²) in [5, 5.41) is 2.93. The summed E-state index contributed by atoms with van der Waals surface area (Å²) in [5.74, 6) is 0.150. The lowest BCUT2D eigenvalue weighted by atomic mass is 10.0. The van der Waals surface area contributed by atoms with Crippen molar-refractivity contribution < 1.29 is 17.9 Å². The monoisotopic (exact) mass is 404 g/mol. The number of sulfonamides is 1. The number of rotatable bonds is 7. The van der Waals surface area contributed by atoms with Crippen LogP contribution in [0.2, 0.25) is 0 Å². The Hall–Kier alpha value is -2.54. The highest BCUT2D eigenvalue weighted by Crippen LogP contribution is 2.28. The molecule has 0 bridgehead atoms. The first-order valence-electron chi connectivity index (χ1n) is 9.10. The second-order valence-corrected chi connectivity index (χ2v) is 8.81. The van der Waals surface area contributed by atoms with Crippen LogP contribution in [0.25, 0.3) is 0 Å². The van der Waals surface area contributed by atoms with Crippen molar-refractivity contribution in [3.63, 3.8) is 0 Å². The Labute approximate surface area is 167 Å². The highest BCUT2D eigenvalue weighted by molar-refractivity contribution is 7.92. The molecule has 0 aromatic heterocycles. The van der Waals surface area contributed by atoms with E-state index in [0.29, 0.717) is 23.5 Å². The molecule has 7 heteroatoms. The summed E-state index contributed by atoms with van der Waals surface area (Å²) in [7, 11) is -2.19. The number of nitrogens with zero attached hydrogens (tertiary/aromatic N) is 1. The number of ether oxygens (including phenoxy) is 1. The first kappa shape index (κ1) is 21.8. The van der Waals surface area contributed by atoms with Crippen molar-refractivity contribution in [2.24, 2.45) is 0 Å². The molecule has 0 aliphatic rings. The van der Waals surface area contributed by atoms with Crippen LogP contribution in [-0.2, 0) is 14.8 Å². The highest BCUT2D eigenvalue weighted by atomic mass is 32.2. The van der Waals surface area contributed by atoms with Crippen molar-refractivity contribution in [2.45, 2.75) is 40.2 Å². The van der Waals surface area contributed by atoms with Crippen LogP contribution in [0.4, 0.5) is 11.4 Å². The Morgan fingerprint density at radius 1 is 1.14 bits per heavy atom. The maximum Gasteiger partial charge on any atom is 0.248 e. The molecule has 0 spiro atoms. The Morgan fingerprint density at radius 3 is 2.25 bits per heavy atom. The molecule has 0 saturated carbocycles. The summed E-state index contributed by atoms with van der Waals surface area (Å²) in [5.41, 5.74) is 4.09. The molecule has 6 nitrogen and oxygen atoms in total. The van der Waals surface area contributed by atoms with Crippen LogP contribution in [0.5, 0.6) is 5.75 Å². The van der Waals surface area contributed by atoms with Crippen LogP contribution in [0.1, 0.15) is 30.0 Å². The second-order valence-electron chi connectivity index (χ2n) is 6.95. The van der Waals surface area contributed by atoms with Gasteiger partial charge in [0.25, 0.3) is 0 Å². The molecular weight excluding hydrogens is 376 g/mol. The average Bonchev–Trinajstić information content (AvgIpc) is 2.61. The highest BCUT2D eigenvalue weighted by Gasteiger charge is 2.32. The molecule has 0 heterocycles. The lowest BCUT2D eigenvalue weighted by molar-refractivity contribution is -0.117. The van der Waals surface area contributed by atoms with Gasteiger partial charge in [0.1, 0.15) is 11.8 Å². The molecule has 0 aliphatic carbocycles. The lowest BCUT2D eigenvalue weighted by Crippen LogP contribution is -2.47. The van der Waals surface area contributed by atoms with Crippen molar-refractivity contribution >= 4 is 27.3 Å². The predicted octanol–water partition coefficient (Wildman–Crippen LogP) is 3.80. The third-order valence-electron chi connectivity index (χ3n) is 4.56. The average molecular weight is 405 g/mol. The number of carbonyl (C=O) groups excluding carboxylic acids is 1. The number of methoxy groups -OCH3 is 1. The summed E-state index contributed by atoms with van der Waals surface area (Å²) >= 11 is 0. The van der Waals surface area contributed by atoms with E-state index in [9.17, 15) is 13.2 Å². The normalized spacial score (nSPS) is 12.4. The van der Waals surface area contributed by atoms with E-state index in [0.717, 1.165) is 27.3 Å². The van der Waals surface area contributed by atoms with E-state index < -0.39 is 16.1 Å². The number of benzene rings is 2. The van der Waals surface area contributed by atoms with Crippen LogP contribution >= 0.6 is 0 Å². The standard InChI is InChI=1S/C21H28N2O4S/c1-7-19(21(24)22-20-15(3)11-14(2)12-16(20)4)23(28(6,25)26)17-9-8-10-18(13-17)27-5/h8-13,19H,7H2,1-6H3,(H,22,24)/t19-/m0/s1. The van der Waals surface area contributed by atoms with Gasteiger partial charge in [0.05, 0.1) is 19.1 Å². The number of nitrogens with one attached hydrogen (secondary N) is 1. The van der Waals surface area contributed by atoms with Gasteiger partial charge in [-0.15, -0.1) is 0 Å². The van der Waals surface area contributed by atoms with Gasteiger partial charge in [0.15, 0.2) is 0 Å². The third-order valence-corrected chi connectivity index (χ3v) is 5.74. The minimum absolute atomic E-state index is 0.320. The molecular formula is C21H28N2O4S. The van der Waals surface area contributed by atoms with Crippen LogP contribution in [0.15, 0.2) is 36.4 Å². The van der Waals surface area contributed by atoms with Crippen molar-refractivity contribution in [2.75, 3.05) is 23.0 Å². The zero-order valence-corrected chi connectivity index (χ0v) is 18.1. The zero-order chi connectivity index (χ0) is 21.1. The summed E-state index contributed by atoms with van der Waals surface area (Å²) in [6.07, 6.45) is 1.42. The first-order chi connectivity index (χ1) is 13.1. The lowest BCUT2D eigenvalue weighted by Gasteiger charge is -2.30. The van der Waals surface area contributed by atoms with Gasteiger partial charge in [-0.3, -0.25) is 9.10 Å². The topological polar surface area (TPSA) is 75.7 Å². The molecule has 2 aromatic rings. The van der Waals surface area contributed by atoms with E-state index in [-0.39, 0.29) is 5.91 Å². The number of aryl methyl sites for hydroxylation is 3. The molecule has 0 aliphatic heterocycles. The van der Waals surface area contributed by atoms with E-state index in [1.807, 2.05) is 32.9 Å². The van der Waals surface area contributed by atoms with Crippen LogP contribution in [-0.4, -0.2) is 33.7 Å². The zero-order valence-electron chi connectivity index (χ0n) is 17.2. The Morgan fingerprint density at radius 2 is 1.75 bits per heavy atom. The smallest absolute Gasteiger partial charge is 0.248 e. The van der Waals surface area contributed by atoms with E-state index >= 15 is 0 Å². The first-order valence-corrected chi connectivity index (χ1v) is 11.0. The number of amides is 1. The molecule has 2 rings (SSSR count).